The molecule has 0 unspecified atom stereocenters. The molecule has 4 aromatic rings. The lowest BCUT2D eigenvalue weighted by Gasteiger charge is -2.21. The average molecular weight is 574 g/mol. The van der Waals surface area contributed by atoms with Crippen molar-refractivity contribution in [3.63, 3.8) is 0 Å². The molecule has 0 atom stereocenters. The van der Waals surface area contributed by atoms with Crippen LogP contribution in [0.1, 0.15) is 26.3 Å². The summed E-state index contributed by atoms with van der Waals surface area (Å²) in [4.78, 5) is 8.78. The van der Waals surface area contributed by atoms with E-state index in [1.807, 2.05) is 6.92 Å². The number of aryl methyl sites for hydroxylation is 1. The molecule has 0 bridgehead atoms. The van der Waals surface area contributed by atoms with Gasteiger partial charge in [0.05, 0.1) is 34.8 Å². The number of aliphatic hydroxyl groups excluding tert-OH is 1. The van der Waals surface area contributed by atoms with Gasteiger partial charge in [0.1, 0.15) is 11.6 Å². The number of aromatic nitrogens is 4. The summed E-state index contributed by atoms with van der Waals surface area (Å²) in [5, 5.41) is 19.6. The molecular formula is C26H29ClFN7O3S. The monoisotopic (exact) mass is 573 g/mol. The summed E-state index contributed by atoms with van der Waals surface area (Å²) in [6.07, 6.45) is 4.81. The fourth-order valence-electron chi connectivity index (χ4n) is 3.43. The second-order valence-electron chi connectivity index (χ2n) is 9.80. The number of anilines is 5. The highest BCUT2D eigenvalue weighted by Crippen LogP contribution is 2.31. The molecule has 0 amide bonds. The smallest absolute Gasteiger partial charge is 0.237 e. The van der Waals surface area contributed by atoms with Gasteiger partial charge in [-0.15, -0.1) is 0 Å². The Morgan fingerprint density at radius 3 is 2.49 bits per heavy atom. The van der Waals surface area contributed by atoms with E-state index >= 15 is 0 Å². The summed E-state index contributed by atoms with van der Waals surface area (Å²) in [5.41, 5.74) is 2.93. The van der Waals surface area contributed by atoms with Crippen molar-refractivity contribution >= 4 is 50.5 Å². The number of hydrogen-bond donors (Lipinski definition) is 4. The van der Waals surface area contributed by atoms with Gasteiger partial charge in [-0.05, 0) is 64.1 Å². The van der Waals surface area contributed by atoms with Crippen LogP contribution < -0.4 is 15.4 Å². The van der Waals surface area contributed by atoms with Crippen molar-refractivity contribution < 1.29 is 17.9 Å². The van der Waals surface area contributed by atoms with Crippen molar-refractivity contribution in [2.45, 2.75) is 39.0 Å². The standard InChI is InChI=1S/C26H29ClFN7O3S/c1-16-13-29-25(32-18-5-7-20(22(28)11-18)17-14-30-35(15-17)9-10-36)33-24(16)31-19-6-8-21(27)23(12-19)34-39(37,38)26(2,3)4/h5-8,11-15,34,36H,9-10H2,1-4H3,(H2,29,31,32,33). The topological polar surface area (TPSA) is 134 Å². The molecule has 206 valence electrons. The van der Waals surface area contributed by atoms with Crippen LogP contribution >= 0.6 is 11.6 Å². The fourth-order valence-corrected chi connectivity index (χ4v) is 4.41. The minimum atomic E-state index is -3.68. The molecule has 0 saturated carbocycles. The van der Waals surface area contributed by atoms with Gasteiger partial charge >= 0.3 is 0 Å². The summed E-state index contributed by atoms with van der Waals surface area (Å²) in [5.74, 6) is 0.238. The predicted octanol–water partition coefficient (Wildman–Crippen LogP) is 5.46. The number of hydrogen-bond acceptors (Lipinski definition) is 8. The zero-order valence-corrected chi connectivity index (χ0v) is 23.4. The largest absolute Gasteiger partial charge is 0.394 e. The van der Waals surface area contributed by atoms with Crippen LogP contribution in [0.5, 0.6) is 0 Å². The van der Waals surface area contributed by atoms with Crippen LogP contribution in [0.25, 0.3) is 11.1 Å². The fraction of sp³-hybridized carbons (Fsp3) is 0.269. The van der Waals surface area contributed by atoms with E-state index in [0.29, 0.717) is 34.9 Å². The Hall–Kier alpha value is -3.74. The van der Waals surface area contributed by atoms with Crippen molar-refractivity contribution in [2.75, 3.05) is 22.0 Å². The third kappa shape index (κ3) is 6.64. The van der Waals surface area contributed by atoms with E-state index in [2.05, 4.69) is 30.4 Å². The van der Waals surface area contributed by atoms with E-state index < -0.39 is 20.6 Å². The first-order valence-electron chi connectivity index (χ1n) is 12.0. The Bertz CT molecular complexity index is 1600. The van der Waals surface area contributed by atoms with Crippen LogP contribution in [-0.2, 0) is 16.6 Å². The van der Waals surface area contributed by atoms with Gasteiger partial charge in [0, 0.05) is 40.5 Å². The predicted molar refractivity (Wildman–Crippen MR) is 152 cm³/mol. The normalized spacial score (nSPS) is 11.9. The van der Waals surface area contributed by atoms with Crippen molar-refractivity contribution in [1.82, 2.24) is 19.7 Å². The molecular weight excluding hydrogens is 545 g/mol. The number of nitrogens with zero attached hydrogens (tertiary/aromatic N) is 4. The molecule has 0 radical (unpaired) electrons. The van der Waals surface area contributed by atoms with Gasteiger partial charge < -0.3 is 15.7 Å². The molecule has 0 aliphatic rings. The molecule has 10 nitrogen and oxygen atoms in total. The molecule has 0 aliphatic carbocycles. The highest BCUT2D eigenvalue weighted by molar-refractivity contribution is 7.94. The van der Waals surface area contributed by atoms with Gasteiger partial charge in [-0.25, -0.2) is 17.8 Å². The van der Waals surface area contributed by atoms with Crippen LogP contribution in [0.3, 0.4) is 0 Å². The van der Waals surface area contributed by atoms with Gasteiger partial charge in [-0.1, -0.05) is 11.6 Å². The summed E-state index contributed by atoms with van der Waals surface area (Å²) in [6.45, 7) is 6.86. The minimum absolute atomic E-state index is 0.0605. The summed E-state index contributed by atoms with van der Waals surface area (Å²) < 4.78 is 43.2. The second-order valence-corrected chi connectivity index (χ2v) is 12.6. The molecule has 4 rings (SSSR count). The number of benzene rings is 2. The summed E-state index contributed by atoms with van der Waals surface area (Å²) in [6, 6.07) is 9.52. The molecule has 2 aromatic heterocycles. The lowest BCUT2D eigenvalue weighted by Crippen LogP contribution is -2.33. The number of aliphatic hydroxyl groups is 1. The third-order valence-electron chi connectivity index (χ3n) is 5.75. The highest BCUT2D eigenvalue weighted by Gasteiger charge is 2.29. The lowest BCUT2D eigenvalue weighted by atomic mass is 10.1. The molecule has 0 aliphatic heterocycles. The first-order chi connectivity index (χ1) is 18.4. The van der Waals surface area contributed by atoms with Gasteiger partial charge in [0.15, 0.2) is 0 Å². The van der Waals surface area contributed by atoms with E-state index in [4.69, 9.17) is 16.7 Å². The quantitative estimate of drug-likeness (QED) is 0.207. The maximum atomic E-state index is 14.9. The second kappa shape index (κ2) is 11.2. The molecule has 0 saturated heterocycles. The lowest BCUT2D eigenvalue weighted by molar-refractivity contribution is 0.269. The molecule has 2 heterocycles. The van der Waals surface area contributed by atoms with E-state index in [9.17, 15) is 12.8 Å². The average Bonchev–Trinajstić information content (AvgIpc) is 3.31. The van der Waals surface area contributed by atoms with Crippen molar-refractivity contribution in [3.8, 4) is 11.1 Å². The van der Waals surface area contributed by atoms with Crippen LogP contribution in [0, 0.1) is 12.7 Å². The first kappa shape index (κ1) is 28.3. The van der Waals surface area contributed by atoms with Crippen molar-refractivity contribution in [3.05, 3.63) is 71.4 Å². The Morgan fingerprint density at radius 2 is 1.79 bits per heavy atom. The number of nitrogens with one attached hydrogen (secondary N) is 3. The van der Waals surface area contributed by atoms with E-state index in [-0.39, 0.29) is 23.3 Å². The molecule has 0 fully saturated rings. The van der Waals surface area contributed by atoms with E-state index in [1.54, 1.807) is 74.4 Å². The van der Waals surface area contributed by atoms with Gasteiger partial charge in [-0.3, -0.25) is 9.40 Å². The molecule has 2 aromatic carbocycles. The Labute approximate surface area is 231 Å². The van der Waals surface area contributed by atoms with Crippen LogP contribution in [0.4, 0.5) is 33.2 Å². The maximum absolute atomic E-state index is 14.9. The molecule has 0 spiro atoms. The Balaban J connectivity index is 1.53. The third-order valence-corrected chi connectivity index (χ3v) is 8.18. The van der Waals surface area contributed by atoms with E-state index in [0.717, 1.165) is 5.56 Å². The molecule has 13 heteroatoms. The van der Waals surface area contributed by atoms with Crippen molar-refractivity contribution in [1.29, 1.82) is 0 Å². The zero-order valence-electron chi connectivity index (χ0n) is 21.8. The minimum Gasteiger partial charge on any atom is -0.394 e. The van der Waals surface area contributed by atoms with Crippen molar-refractivity contribution in [2.24, 2.45) is 0 Å². The zero-order chi connectivity index (χ0) is 28.4. The number of halogens is 2. The Kier molecular flexibility index (Phi) is 8.09. The van der Waals surface area contributed by atoms with Crippen LogP contribution in [-0.4, -0.2) is 44.6 Å². The summed E-state index contributed by atoms with van der Waals surface area (Å²) >= 11 is 6.24. The van der Waals surface area contributed by atoms with Crippen LogP contribution in [0.15, 0.2) is 55.0 Å². The number of rotatable bonds is 9. The van der Waals surface area contributed by atoms with Crippen LogP contribution in [0.2, 0.25) is 5.02 Å². The Morgan fingerprint density at radius 1 is 1.08 bits per heavy atom. The van der Waals surface area contributed by atoms with E-state index in [1.165, 1.54) is 6.07 Å². The SMILES string of the molecule is Cc1cnc(Nc2ccc(-c3cnn(CCO)c3)c(F)c2)nc1Nc1ccc(Cl)c(NS(=O)(=O)C(C)(C)C)c1. The molecule has 39 heavy (non-hydrogen) atoms. The molecule has 4 N–H and O–H groups in total. The highest BCUT2D eigenvalue weighted by atomic mass is 35.5. The van der Waals surface area contributed by atoms with Gasteiger partial charge in [0.2, 0.25) is 16.0 Å². The van der Waals surface area contributed by atoms with Gasteiger partial charge in [0.25, 0.3) is 0 Å². The maximum Gasteiger partial charge on any atom is 0.237 e. The first-order valence-corrected chi connectivity index (χ1v) is 13.9. The summed E-state index contributed by atoms with van der Waals surface area (Å²) in [7, 11) is -3.68. The van der Waals surface area contributed by atoms with Gasteiger partial charge in [-0.2, -0.15) is 10.1 Å². The number of sulfonamides is 1.